The van der Waals surface area contributed by atoms with Crippen molar-refractivity contribution in [3.8, 4) is 0 Å². The minimum absolute atomic E-state index is 0.0474. The number of nitro groups is 1. The first-order chi connectivity index (χ1) is 18.4. The summed E-state index contributed by atoms with van der Waals surface area (Å²) in [5, 5.41) is 11.8. The number of allylic oxidation sites excluding steroid dienone is 2. The molecule has 1 aliphatic heterocycles. The summed E-state index contributed by atoms with van der Waals surface area (Å²) in [7, 11) is 0. The van der Waals surface area contributed by atoms with Crippen LogP contribution in [0.15, 0.2) is 84.9 Å². The summed E-state index contributed by atoms with van der Waals surface area (Å²) >= 11 is 0. The average molecular weight is 507 g/mol. The molecule has 0 aromatic heterocycles. The van der Waals surface area contributed by atoms with E-state index < -0.39 is 39.4 Å². The maximum absolute atomic E-state index is 14.7. The highest BCUT2D eigenvalue weighted by molar-refractivity contribution is 6.35. The minimum Gasteiger partial charge on any atom is -0.298 e. The van der Waals surface area contributed by atoms with Gasteiger partial charge in [-0.3, -0.25) is 24.5 Å². The van der Waals surface area contributed by atoms with Gasteiger partial charge in [0, 0.05) is 6.07 Å². The number of para-hydroxylation sites is 2. The summed E-state index contributed by atoms with van der Waals surface area (Å²) in [6, 6.07) is 25.0. The average Bonchev–Trinajstić information content (AvgIpc) is 3.45. The number of nitrogens with zero attached hydrogens (tertiary/aromatic N) is 2. The van der Waals surface area contributed by atoms with Gasteiger partial charge in [-0.15, -0.1) is 0 Å². The molecule has 0 radical (unpaired) electrons. The molecule has 3 aromatic rings. The maximum Gasteiger partial charge on any atom is 0.293 e. The second kappa shape index (κ2) is 8.31. The third-order valence-electron chi connectivity index (χ3n) is 8.88. The summed E-state index contributed by atoms with van der Waals surface area (Å²) in [6.45, 7) is 3.78. The van der Waals surface area contributed by atoms with Gasteiger partial charge in [-0.1, -0.05) is 86.6 Å². The third-order valence-corrected chi connectivity index (χ3v) is 8.88. The first kappa shape index (κ1) is 24.0. The van der Waals surface area contributed by atoms with Crippen LogP contribution in [0.1, 0.15) is 37.8 Å². The van der Waals surface area contributed by atoms with E-state index in [-0.39, 0.29) is 17.2 Å². The molecule has 7 heteroatoms. The van der Waals surface area contributed by atoms with E-state index in [1.165, 1.54) is 18.2 Å². The van der Waals surface area contributed by atoms with E-state index in [1.54, 1.807) is 6.07 Å². The van der Waals surface area contributed by atoms with E-state index >= 15 is 0 Å². The van der Waals surface area contributed by atoms with E-state index in [1.807, 2.05) is 74.5 Å². The van der Waals surface area contributed by atoms with Gasteiger partial charge in [0.15, 0.2) is 5.78 Å². The molecule has 1 saturated heterocycles. The molecule has 3 aromatic carbocycles. The Labute approximate surface area is 219 Å². The zero-order valence-electron chi connectivity index (χ0n) is 21.1. The van der Waals surface area contributed by atoms with Crippen molar-refractivity contribution in [1.29, 1.82) is 0 Å². The Morgan fingerprint density at radius 3 is 1.55 bits per heavy atom. The molecule has 6 rings (SSSR count). The van der Waals surface area contributed by atoms with E-state index in [9.17, 15) is 24.5 Å². The number of hydrogen-bond acceptors (Lipinski definition) is 5. The monoisotopic (exact) mass is 506 g/mol. The largest absolute Gasteiger partial charge is 0.298 e. The predicted octanol–water partition coefficient (Wildman–Crippen LogP) is 5.70. The number of imide groups is 1. The van der Waals surface area contributed by atoms with Crippen LogP contribution in [0.25, 0.3) is 11.1 Å². The number of fused-ring (bicyclic) bond motifs is 5. The van der Waals surface area contributed by atoms with Gasteiger partial charge >= 0.3 is 0 Å². The molecule has 1 heterocycles. The van der Waals surface area contributed by atoms with Crippen LogP contribution < -0.4 is 4.90 Å². The first-order valence-electron chi connectivity index (χ1n) is 12.9. The molecule has 0 N–H and O–H groups in total. The second-order valence-electron chi connectivity index (χ2n) is 10.2. The number of Topliss-reactive ketones (excluding diaryl/α,β-unsaturated/α-hetero) is 1. The fourth-order valence-electron chi connectivity index (χ4n) is 7.50. The van der Waals surface area contributed by atoms with Crippen LogP contribution in [-0.2, 0) is 14.4 Å². The van der Waals surface area contributed by atoms with Crippen molar-refractivity contribution >= 4 is 40.1 Å². The number of anilines is 1. The number of hydrogen-bond donors (Lipinski definition) is 0. The standard InChI is InChI=1S/C31H26N2O5/c1-3-30-23(19-13-7-5-8-14-19)24(20-15-9-6-10-16-20)31(4-2,29(30)36)26-25(30)27(34)32(28(26)35)21-17-11-12-18-22(21)33(37)38/h5-18,25-26H,3-4H2,1-2H3/t25-,26+,30-,31-/m0/s1. The molecular weight excluding hydrogens is 480 g/mol. The fraction of sp³-hybridized carbons (Fsp3) is 0.258. The third kappa shape index (κ3) is 2.71. The maximum atomic E-state index is 14.7. The van der Waals surface area contributed by atoms with E-state index in [0.717, 1.165) is 27.2 Å². The molecule has 1 saturated carbocycles. The van der Waals surface area contributed by atoms with Gasteiger partial charge in [0.25, 0.3) is 5.69 Å². The predicted molar refractivity (Wildman–Crippen MR) is 143 cm³/mol. The lowest BCUT2D eigenvalue weighted by Gasteiger charge is -2.38. The number of nitro benzene ring substituents is 1. The Hall–Kier alpha value is -4.39. The normalized spacial score (nSPS) is 27.8. The van der Waals surface area contributed by atoms with Crippen molar-refractivity contribution in [3.05, 3.63) is 106 Å². The molecule has 2 amide bonds. The van der Waals surface area contributed by atoms with Crippen molar-refractivity contribution in [2.24, 2.45) is 22.7 Å². The van der Waals surface area contributed by atoms with Gasteiger partial charge in [0.05, 0.1) is 27.6 Å². The zero-order chi connectivity index (χ0) is 26.8. The zero-order valence-corrected chi connectivity index (χ0v) is 21.1. The smallest absolute Gasteiger partial charge is 0.293 e. The summed E-state index contributed by atoms with van der Waals surface area (Å²) in [5.41, 5.74) is 0.476. The Bertz CT molecular complexity index is 1460. The lowest BCUT2D eigenvalue weighted by Crippen LogP contribution is -2.42. The number of carbonyl (C=O) groups excluding carboxylic acids is 3. The van der Waals surface area contributed by atoms with Crippen molar-refractivity contribution in [3.63, 3.8) is 0 Å². The number of amides is 2. The van der Waals surface area contributed by atoms with Gasteiger partial charge in [0.2, 0.25) is 11.8 Å². The molecule has 38 heavy (non-hydrogen) atoms. The number of benzene rings is 3. The van der Waals surface area contributed by atoms with Gasteiger partial charge < -0.3 is 0 Å². The molecule has 190 valence electrons. The topological polar surface area (TPSA) is 97.6 Å². The molecule has 2 fully saturated rings. The summed E-state index contributed by atoms with van der Waals surface area (Å²) in [6.07, 6.45) is 0.665. The van der Waals surface area contributed by atoms with Crippen LogP contribution in [-0.4, -0.2) is 22.5 Å². The van der Waals surface area contributed by atoms with Gasteiger partial charge in [-0.25, -0.2) is 4.90 Å². The fourth-order valence-corrected chi connectivity index (χ4v) is 7.50. The van der Waals surface area contributed by atoms with Crippen LogP contribution in [0.5, 0.6) is 0 Å². The summed E-state index contributed by atoms with van der Waals surface area (Å²) in [4.78, 5) is 55.4. The van der Waals surface area contributed by atoms with Crippen molar-refractivity contribution in [1.82, 2.24) is 0 Å². The summed E-state index contributed by atoms with van der Waals surface area (Å²) < 4.78 is 0. The van der Waals surface area contributed by atoms with Crippen LogP contribution in [0, 0.1) is 32.8 Å². The highest BCUT2D eigenvalue weighted by Crippen LogP contribution is 2.75. The number of carbonyl (C=O) groups is 3. The molecule has 2 bridgehead atoms. The van der Waals surface area contributed by atoms with Crippen molar-refractivity contribution in [2.75, 3.05) is 4.90 Å². The molecule has 2 aliphatic carbocycles. The lowest BCUT2D eigenvalue weighted by atomic mass is 9.60. The highest BCUT2D eigenvalue weighted by atomic mass is 16.6. The van der Waals surface area contributed by atoms with Gasteiger partial charge in [-0.2, -0.15) is 0 Å². The highest BCUT2D eigenvalue weighted by Gasteiger charge is 2.80. The van der Waals surface area contributed by atoms with Gasteiger partial charge in [0.1, 0.15) is 5.69 Å². The Kier molecular flexibility index (Phi) is 5.24. The Morgan fingerprint density at radius 2 is 1.13 bits per heavy atom. The lowest BCUT2D eigenvalue weighted by molar-refractivity contribution is -0.384. The molecule has 0 spiro atoms. The SMILES string of the molecule is CC[C@]12C(=O)[C@@](CC)(C(c3ccccc3)=C1c1ccccc1)[C@H]1C(=O)N(c3ccccc3[N+](=O)[O-])C(=O)[C@H]12. The molecule has 3 aliphatic rings. The van der Waals surface area contributed by atoms with E-state index in [4.69, 9.17) is 0 Å². The Morgan fingerprint density at radius 1 is 0.711 bits per heavy atom. The van der Waals surface area contributed by atoms with Crippen molar-refractivity contribution in [2.45, 2.75) is 26.7 Å². The van der Waals surface area contributed by atoms with Gasteiger partial charge in [-0.05, 0) is 41.2 Å². The van der Waals surface area contributed by atoms with Crippen LogP contribution in [0.4, 0.5) is 11.4 Å². The Balaban J connectivity index is 1.67. The quantitative estimate of drug-likeness (QED) is 0.243. The van der Waals surface area contributed by atoms with Crippen molar-refractivity contribution < 1.29 is 19.3 Å². The van der Waals surface area contributed by atoms with Crippen LogP contribution in [0.2, 0.25) is 0 Å². The van der Waals surface area contributed by atoms with E-state index in [2.05, 4.69) is 0 Å². The van der Waals surface area contributed by atoms with Crippen LogP contribution >= 0.6 is 0 Å². The molecule has 7 nitrogen and oxygen atoms in total. The number of ketones is 1. The number of rotatable bonds is 6. The second-order valence-corrected chi connectivity index (χ2v) is 10.2. The molecule has 4 atom stereocenters. The molecular formula is C31H26N2O5. The first-order valence-corrected chi connectivity index (χ1v) is 12.9. The van der Waals surface area contributed by atoms with E-state index in [0.29, 0.717) is 12.8 Å². The molecule has 0 unspecified atom stereocenters. The summed E-state index contributed by atoms with van der Waals surface area (Å²) in [5.74, 6) is -3.04. The van der Waals surface area contributed by atoms with Crippen LogP contribution in [0.3, 0.4) is 0 Å². The minimum atomic E-state index is -1.22.